The second-order valence-corrected chi connectivity index (χ2v) is 9.48. The lowest BCUT2D eigenvalue weighted by molar-refractivity contribution is -0.138. The molecule has 0 fully saturated rings. The minimum absolute atomic E-state index is 0.00291. The van der Waals surface area contributed by atoms with Crippen molar-refractivity contribution in [3.05, 3.63) is 22.8 Å². The summed E-state index contributed by atoms with van der Waals surface area (Å²) in [4.78, 5) is 11.4. The second-order valence-electron chi connectivity index (χ2n) is 6.33. The van der Waals surface area contributed by atoms with Gasteiger partial charge in [0.15, 0.2) is 26.3 Å². The number of aromatic nitrogens is 6. The van der Waals surface area contributed by atoms with Crippen molar-refractivity contribution in [2.24, 2.45) is 7.05 Å². The van der Waals surface area contributed by atoms with Crippen LogP contribution in [0.1, 0.15) is 17.5 Å². The average Bonchev–Trinajstić information content (AvgIpc) is 3.30. The number of imidazole rings is 2. The van der Waals surface area contributed by atoms with E-state index in [2.05, 4.69) is 20.1 Å². The van der Waals surface area contributed by atoms with Crippen molar-refractivity contribution in [1.82, 2.24) is 29.1 Å². The average molecular weight is 484 g/mol. The zero-order valence-corrected chi connectivity index (χ0v) is 17.1. The summed E-state index contributed by atoms with van der Waals surface area (Å²) in [5.74, 6) is -0.660. The van der Waals surface area contributed by atoms with Gasteiger partial charge in [-0.05, 0) is 6.07 Å². The summed E-state index contributed by atoms with van der Waals surface area (Å²) >= 11 is 0.129. The van der Waals surface area contributed by atoms with Crippen molar-refractivity contribution in [2.75, 3.05) is 5.75 Å². The third kappa shape index (κ3) is 3.42. The number of hydrogen-bond acceptors (Lipinski definition) is 7. The molecular weight excluding hydrogens is 474 g/mol. The molecule has 0 aliphatic heterocycles. The molecule has 4 aromatic heterocycles. The van der Waals surface area contributed by atoms with Crippen LogP contribution >= 0.6 is 11.3 Å². The molecular formula is C15H10F6N6O2S2. The lowest BCUT2D eigenvalue weighted by Gasteiger charge is -2.05. The fourth-order valence-electron chi connectivity index (χ4n) is 2.85. The fraction of sp³-hybridized carbons (Fsp3) is 0.333. The number of alkyl halides is 6. The van der Waals surface area contributed by atoms with Gasteiger partial charge in [0, 0.05) is 13.2 Å². The molecule has 16 heteroatoms. The lowest BCUT2D eigenvalue weighted by Crippen LogP contribution is -2.12. The highest BCUT2D eigenvalue weighted by atomic mass is 32.2. The standard InChI is InChI=1S/C15H10F6N6O2S2/c1-3-31(28,29)11-8(24-13-27(11)25-12(30-13)15(19,20)21)10-23-7-4-6(14(16,17)18)5-22-9(7)26(10)2/h4-5H,3H2,1-2H3. The molecule has 0 unspecified atom stereocenters. The fourth-order valence-corrected chi connectivity index (χ4v) is 4.77. The van der Waals surface area contributed by atoms with E-state index in [1.165, 1.54) is 18.5 Å². The molecule has 166 valence electrons. The molecule has 0 amide bonds. The summed E-state index contributed by atoms with van der Waals surface area (Å²) < 4.78 is 105. The Hall–Kier alpha value is -2.75. The van der Waals surface area contributed by atoms with E-state index in [0.29, 0.717) is 10.7 Å². The molecule has 31 heavy (non-hydrogen) atoms. The van der Waals surface area contributed by atoms with Crippen LogP contribution in [-0.4, -0.2) is 43.3 Å². The Morgan fingerprint density at radius 3 is 2.35 bits per heavy atom. The summed E-state index contributed by atoms with van der Waals surface area (Å²) in [5.41, 5.74) is -1.58. The molecule has 0 radical (unpaired) electrons. The second kappa shape index (κ2) is 6.62. The van der Waals surface area contributed by atoms with E-state index in [0.717, 1.165) is 6.07 Å². The highest BCUT2D eigenvalue weighted by molar-refractivity contribution is 7.91. The maximum Gasteiger partial charge on any atom is 0.445 e. The number of halogens is 6. The van der Waals surface area contributed by atoms with Gasteiger partial charge in [-0.3, -0.25) is 0 Å². The summed E-state index contributed by atoms with van der Waals surface area (Å²) in [5, 5.41) is 1.41. The van der Waals surface area contributed by atoms with Gasteiger partial charge in [-0.2, -0.15) is 30.9 Å². The maximum absolute atomic E-state index is 13.0. The van der Waals surface area contributed by atoms with Crippen LogP contribution in [0.2, 0.25) is 0 Å². The molecule has 8 nitrogen and oxygen atoms in total. The van der Waals surface area contributed by atoms with Gasteiger partial charge in [0.25, 0.3) is 0 Å². The third-order valence-corrected chi connectivity index (χ3v) is 7.00. The summed E-state index contributed by atoms with van der Waals surface area (Å²) in [6.45, 7) is 1.28. The molecule has 4 rings (SSSR count). The Morgan fingerprint density at radius 1 is 1.10 bits per heavy atom. The van der Waals surface area contributed by atoms with Crippen LogP contribution < -0.4 is 0 Å². The molecule has 0 spiro atoms. The Balaban J connectivity index is 2.01. The van der Waals surface area contributed by atoms with Gasteiger partial charge in [-0.25, -0.2) is 23.4 Å². The molecule has 0 aliphatic rings. The first-order chi connectivity index (χ1) is 14.2. The molecule has 0 saturated heterocycles. The van der Waals surface area contributed by atoms with Gasteiger partial charge in [0.2, 0.25) is 9.97 Å². The quantitative estimate of drug-likeness (QED) is 0.413. The summed E-state index contributed by atoms with van der Waals surface area (Å²) in [6, 6.07) is 0.734. The normalized spacial score (nSPS) is 13.5. The number of nitrogens with zero attached hydrogens (tertiary/aromatic N) is 6. The molecule has 0 saturated carbocycles. The first kappa shape index (κ1) is 21.5. The van der Waals surface area contributed by atoms with Crippen LogP contribution in [-0.2, 0) is 29.2 Å². The Labute approximate surface area is 173 Å². The summed E-state index contributed by atoms with van der Waals surface area (Å²) in [7, 11) is -2.78. The monoisotopic (exact) mass is 484 g/mol. The highest BCUT2D eigenvalue weighted by Gasteiger charge is 2.39. The predicted molar refractivity (Wildman–Crippen MR) is 96.1 cm³/mol. The van der Waals surface area contributed by atoms with Gasteiger partial charge >= 0.3 is 12.4 Å². The molecule has 0 atom stereocenters. The van der Waals surface area contributed by atoms with Crippen LogP contribution in [0, 0.1) is 0 Å². The zero-order valence-electron chi connectivity index (χ0n) is 15.4. The largest absolute Gasteiger partial charge is 0.445 e. The number of rotatable bonds is 3. The molecule has 0 aromatic carbocycles. The lowest BCUT2D eigenvalue weighted by atomic mass is 10.2. The number of sulfone groups is 1. The van der Waals surface area contributed by atoms with Crippen molar-refractivity contribution in [3.63, 3.8) is 0 Å². The van der Waals surface area contributed by atoms with Crippen molar-refractivity contribution in [1.29, 1.82) is 0 Å². The topological polar surface area (TPSA) is 95.0 Å². The van der Waals surface area contributed by atoms with Crippen LogP contribution in [0.5, 0.6) is 0 Å². The van der Waals surface area contributed by atoms with Crippen LogP contribution in [0.4, 0.5) is 26.3 Å². The van der Waals surface area contributed by atoms with E-state index in [4.69, 9.17) is 0 Å². The molecule has 0 N–H and O–H groups in total. The SMILES string of the molecule is CCS(=O)(=O)c1c(-c2nc3cc(C(F)(F)F)cnc3n2C)nc2sc(C(F)(F)F)nn12. The van der Waals surface area contributed by atoms with Crippen molar-refractivity contribution in [3.8, 4) is 11.5 Å². The van der Waals surface area contributed by atoms with E-state index >= 15 is 0 Å². The van der Waals surface area contributed by atoms with E-state index in [1.807, 2.05) is 0 Å². The number of hydrogen-bond donors (Lipinski definition) is 0. The smallest absolute Gasteiger partial charge is 0.310 e. The highest BCUT2D eigenvalue weighted by Crippen LogP contribution is 2.37. The first-order valence-corrected chi connectivity index (χ1v) is 10.8. The van der Waals surface area contributed by atoms with Gasteiger partial charge in [-0.1, -0.05) is 18.3 Å². The van der Waals surface area contributed by atoms with Crippen molar-refractivity contribution >= 4 is 37.3 Å². The van der Waals surface area contributed by atoms with Gasteiger partial charge in [0.05, 0.1) is 11.3 Å². The van der Waals surface area contributed by atoms with Crippen LogP contribution in [0.25, 0.3) is 27.6 Å². The zero-order chi connectivity index (χ0) is 22.9. The Kier molecular flexibility index (Phi) is 4.59. The van der Waals surface area contributed by atoms with Crippen LogP contribution in [0.3, 0.4) is 0 Å². The number of aryl methyl sites for hydroxylation is 1. The maximum atomic E-state index is 13.0. The predicted octanol–water partition coefficient (Wildman–Crippen LogP) is 3.57. The number of pyridine rings is 1. The van der Waals surface area contributed by atoms with E-state index in [1.54, 1.807) is 0 Å². The minimum Gasteiger partial charge on any atom is -0.310 e. The van der Waals surface area contributed by atoms with E-state index < -0.39 is 43.5 Å². The summed E-state index contributed by atoms with van der Waals surface area (Å²) in [6.07, 6.45) is -8.89. The first-order valence-electron chi connectivity index (χ1n) is 8.33. The molecule has 4 aromatic rings. The van der Waals surface area contributed by atoms with E-state index in [-0.39, 0.29) is 39.0 Å². The van der Waals surface area contributed by atoms with E-state index in [9.17, 15) is 34.8 Å². The molecule has 4 heterocycles. The van der Waals surface area contributed by atoms with Gasteiger partial charge in [0.1, 0.15) is 11.2 Å². The van der Waals surface area contributed by atoms with Gasteiger partial charge in [-0.15, -0.1) is 5.10 Å². The molecule has 0 aliphatic carbocycles. The van der Waals surface area contributed by atoms with Crippen molar-refractivity contribution < 1.29 is 34.8 Å². The Morgan fingerprint density at radius 2 is 1.77 bits per heavy atom. The Bertz CT molecular complexity index is 1430. The third-order valence-electron chi connectivity index (χ3n) is 4.33. The number of fused-ring (bicyclic) bond motifs is 2. The van der Waals surface area contributed by atoms with Crippen molar-refractivity contribution in [2.45, 2.75) is 24.3 Å². The minimum atomic E-state index is -4.81. The van der Waals surface area contributed by atoms with Gasteiger partial charge < -0.3 is 4.57 Å². The molecule has 0 bridgehead atoms. The van der Waals surface area contributed by atoms with Crippen LogP contribution in [0.15, 0.2) is 17.3 Å².